The number of aliphatic carboxylic acids is 1. The van der Waals surface area contributed by atoms with Crippen molar-refractivity contribution in [2.45, 2.75) is 118 Å². The molecule has 0 aliphatic heterocycles. The minimum absolute atomic E-state index is 0.00303. The fourth-order valence-electron chi connectivity index (χ4n) is 11.2. The average Bonchev–Trinajstić information content (AvgIpc) is 3.04. The van der Waals surface area contributed by atoms with Crippen molar-refractivity contribution < 1.29 is 25.2 Å². The van der Waals surface area contributed by atoms with Crippen LogP contribution in [0.4, 0.5) is 0 Å². The van der Waals surface area contributed by atoms with Gasteiger partial charge in [-0.1, -0.05) is 53.2 Å². The molecule has 5 rings (SSSR count). The van der Waals surface area contributed by atoms with Crippen LogP contribution >= 0.6 is 0 Å². The zero-order chi connectivity index (χ0) is 26.0. The van der Waals surface area contributed by atoms with E-state index in [1.807, 2.05) is 0 Å². The number of allylic oxidation sites excluding steroid dienone is 2. The van der Waals surface area contributed by atoms with E-state index in [9.17, 15) is 25.2 Å². The van der Waals surface area contributed by atoms with Crippen LogP contribution in [0.3, 0.4) is 0 Å². The quantitative estimate of drug-likeness (QED) is 0.402. The number of carboxylic acids is 1. The first-order valence-corrected chi connectivity index (χ1v) is 14.0. The molecule has 0 amide bonds. The standard InChI is InChI=1S/C30H48O5/c1-17(24(33)34)30(35)13-10-19-18-8-9-22-26(4)16-20(31)23(32)25(2,3)21(26)11-12-29(22,7)27(18,5)14-15-28(19,30)6/h8,17,19-23,31-32,35H,9-16H2,1-7H3,(H,33,34)/t17-,19-,20+,21+,22-,23+,26+,27-,28+,29-,30-/m1/s1. The fraction of sp³-hybridized carbons (Fsp3) is 0.900. The van der Waals surface area contributed by atoms with Gasteiger partial charge in [0.15, 0.2) is 0 Å². The first-order valence-electron chi connectivity index (χ1n) is 14.0. The molecule has 198 valence electrons. The summed E-state index contributed by atoms with van der Waals surface area (Å²) in [4.78, 5) is 12.0. The monoisotopic (exact) mass is 488 g/mol. The molecule has 5 aliphatic carbocycles. The third kappa shape index (κ3) is 2.84. The maximum absolute atomic E-state index is 12.0. The Hall–Kier alpha value is -0.910. The van der Waals surface area contributed by atoms with Crippen molar-refractivity contribution in [3.63, 3.8) is 0 Å². The molecule has 0 radical (unpaired) electrons. The molecule has 0 bridgehead atoms. The zero-order valence-electron chi connectivity index (χ0n) is 22.9. The van der Waals surface area contributed by atoms with Crippen LogP contribution in [0.2, 0.25) is 0 Å². The summed E-state index contributed by atoms with van der Waals surface area (Å²) in [5, 5.41) is 43.5. The molecule has 0 spiro atoms. The second-order valence-electron chi connectivity index (χ2n) is 14.8. The van der Waals surface area contributed by atoms with Gasteiger partial charge in [-0.2, -0.15) is 0 Å². The smallest absolute Gasteiger partial charge is 0.309 e. The molecule has 5 nitrogen and oxygen atoms in total. The van der Waals surface area contributed by atoms with E-state index in [0.717, 1.165) is 38.5 Å². The van der Waals surface area contributed by atoms with E-state index in [-0.39, 0.29) is 27.6 Å². The lowest BCUT2D eigenvalue weighted by atomic mass is 9.34. The molecule has 0 heterocycles. The molecule has 4 N–H and O–H groups in total. The molecule has 4 fully saturated rings. The summed E-state index contributed by atoms with van der Waals surface area (Å²) in [6.45, 7) is 15.4. The molecule has 5 heteroatoms. The van der Waals surface area contributed by atoms with Crippen LogP contribution < -0.4 is 0 Å². The van der Waals surface area contributed by atoms with Crippen molar-refractivity contribution in [3.05, 3.63) is 11.6 Å². The van der Waals surface area contributed by atoms with Crippen LogP contribution in [0.1, 0.15) is 99.8 Å². The number of hydrogen-bond donors (Lipinski definition) is 4. The zero-order valence-corrected chi connectivity index (χ0v) is 22.9. The maximum atomic E-state index is 12.0. The Kier molecular flexibility index (Phi) is 5.40. The molecule has 4 saturated carbocycles. The molecule has 0 saturated heterocycles. The highest BCUT2D eigenvalue weighted by Gasteiger charge is 2.71. The number of aliphatic hydroxyl groups excluding tert-OH is 2. The van der Waals surface area contributed by atoms with Gasteiger partial charge in [0.05, 0.1) is 23.7 Å². The Balaban J connectivity index is 1.56. The third-order valence-electron chi connectivity index (χ3n) is 13.6. The SMILES string of the molecule is C[C@H](C(=O)O)[C@]1(O)CC[C@@H]2C3=CC[C@@H]4[C@@]5(C)C[C@H](O)[C@H](O)C(C)(C)[C@@H]5CC[C@@]4(C)[C@]3(C)CC[C@@]21C. The Morgan fingerprint density at radius 1 is 0.943 bits per heavy atom. The van der Waals surface area contributed by atoms with E-state index in [2.05, 4.69) is 47.6 Å². The van der Waals surface area contributed by atoms with Gasteiger partial charge in [0.25, 0.3) is 0 Å². The number of hydrogen-bond acceptors (Lipinski definition) is 4. The van der Waals surface area contributed by atoms with Crippen LogP contribution in [-0.4, -0.2) is 44.2 Å². The van der Waals surface area contributed by atoms with Gasteiger partial charge in [0, 0.05) is 5.41 Å². The summed E-state index contributed by atoms with van der Waals surface area (Å²) in [6, 6.07) is 0. The van der Waals surface area contributed by atoms with E-state index in [4.69, 9.17) is 0 Å². The number of fused-ring (bicyclic) bond motifs is 7. The van der Waals surface area contributed by atoms with Crippen molar-refractivity contribution in [3.8, 4) is 0 Å². The normalized spacial score (nSPS) is 55.6. The lowest BCUT2D eigenvalue weighted by Gasteiger charge is -2.71. The van der Waals surface area contributed by atoms with E-state index < -0.39 is 35.1 Å². The Bertz CT molecular complexity index is 956. The summed E-state index contributed by atoms with van der Waals surface area (Å²) in [6.07, 6.45) is 8.09. The van der Waals surface area contributed by atoms with Gasteiger partial charge in [-0.15, -0.1) is 0 Å². The average molecular weight is 489 g/mol. The molecule has 0 aromatic rings. The van der Waals surface area contributed by atoms with E-state index >= 15 is 0 Å². The van der Waals surface area contributed by atoms with Crippen molar-refractivity contribution >= 4 is 5.97 Å². The van der Waals surface area contributed by atoms with Crippen LogP contribution in [0.5, 0.6) is 0 Å². The van der Waals surface area contributed by atoms with E-state index in [1.165, 1.54) is 5.57 Å². The fourth-order valence-corrected chi connectivity index (χ4v) is 11.2. The van der Waals surface area contributed by atoms with E-state index in [1.54, 1.807) is 6.92 Å². The predicted molar refractivity (Wildman–Crippen MR) is 135 cm³/mol. The molecule has 35 heavy (non-hydrogen) atoms. The molecule has 0 aromatic carbocycles. The summed E-state index contributed by atoms with van der Waals surface area (Å²) >= 11 is 0. The number of carbonyl (C=O) groups is 1. The first-order chi connectivity index (χ1) is 16.0. The summed E-state index contributed by atoms with van der Waals surface area (Å²) in [7, 11) is 0. The highest BCUT2D eigenvalue weighted by atomic mass is 16.4. The van der Waals surface area contributed by atoms with Crippen molar-refractivity contribution in [1.82, 2.24) is 0 Å². The Morgan fingerprint density at radius 2 is 1.60 bits per heavy atom. The minimum atomic E-state index is -1.18. The topological polar surface area (TPSA) is 98.0 Å². The van der Waals surface area contributed by atoms with Crippen LogP contribution in [0.15, 0.2) is 11.6 Å². The second kappa shape index (κ2) is 7.35. The van der Waals surface area contributed by atoms with Crippen LogP contribution in [0.25, 0.3) is 0 Å². The predicted octanol–water partition coefficient (Wildman–Crippen LogP) is 5.18. The van der Waals surface area contributed by atoms with E-state index in [0.29, 0.717) is 24.7 Å². The highest BCUT2D eigenvalue weighted by Crippen LogP contribution is 2.76. The lowest BCUT2D eigenvalue weighted by molar-refractivity contribution is -0.232. The molecular weight excluding hydrogens is 440 g/mol. The summed E-state index contributed by atoms with van der Waals surface area (Å²) in [5.74, 6) is -0.676. The van der Waals surface area contributed by atoms with Gasteiger partial charge >= 0.3 is 5.97 Å². The number of carboxylic acid groups (broad SMARTS) is 1. The summed E-state index contributed by atoms with van der Waals surface area (Å²) < 4.78 is 0. The molecular formula is C30H48O5. The van der Waals surface area contributed by atoms with Crippen molar-refractivity contribution in [2.75, 3.05) is 0 Å². The van der Waals surface area contributed by atoms with Crippen molar-refractivity contribution in [1.29, 1.82) is 0 Å². The van der Waals surface area contributed by atoms with Crippen LogP contribution in [-0.2, 0) is 4.79 Å². The number of aliphatic hydroxyl groups is 3. The molecule has 11 atom stereocenters. The van der Waals surface area contributed by atoms with Gasteiger partial charge in [0.2, 0.25) is 0 Å². The molecule has 5 aliphatic rings. The highest BCUT2D eigenvalue weighted by molar-refractivity contribution is 5.71. The van der Waals surface area contributed by atoms with Gasteiger partial charge in [0.1, 0.15) is 0 Å². The second-order valence-corrected chi connectivity index (χ2v) is 14.8. The minimum Gasteiger partial charge on any atom is -0.481 e. The lowest BCUT2D eigenvalue weighted by Crippen LogP contribution is -2.67. The Labute approximate surface area is 211 Å². The summed E-state index contributed by atoms with van der Waals surface area (Å²) in [5.41, 5.74) is -0.434. The van der Waals surface area contributed by atoms with Gasteiger partial charge in [-0.3, -0.25) is 4.79 Å². The largest absolute Gasteiger partial charge is 0.481 e. The molecule has 0 unspecified atom stereocenters. The van der Waals surface area contributed by atoms with Gasteiger partial charge in [-0.05, 0) is 97.7 Å². The first kappa shape index (κ1) is 25.7. The van der Waals surface area contributed by atoms with Crippen LogP contribution in [0, 0.1) is 50.7 Å². The Morgan fingerprint density at radius 3 is 2.23 bits per heavy atom. The third-order valence-corrected chi connectivity index (χ3v) is 13.6. The number of rotatable bonds is 2. The maximum Gasteiger partial charge on any atom is 0.309 e. The molecule has 0 aromatic heterocycles. The van der Waals surface area contributed by atoms with Gasteiger partial charge in [-0.25, -0.2) is 0 Å². The van der Waals surface area contributed by atoms with Crippen molar-refractivity contribution in [2.24, 2.45) is 50.7 Å². The van der Waals surface area contributed by atoms with Gasteiger partial charge < -0.3 is 20.4 Å².